The Hall–Kier alpha value is -3.81. The number of azide groups is 1. The summed E-state index contributed by atoms with van der Waals surface area (Å²) in [6.07, 6.45) is -5.90. The van der Waals surface area contributed by atoms with Crippen molar-refractivity contribution in [2.75, 3.05) is 6.61 Å². The van der Waals surface area contributed by atoms with Gasteiger partial charge in [-0.1, -0.05) is 65.8 Å². The summed E-state index contributed by atoms with van der Waals surface area (Å²) in [5.41, 5.74) is 10.5. The zero-order valence-corrected chi connectivity index (χ0v) is 23.9. The lowest BCUT2D eigenvalue weighted by Gasteiger charge is -2.42. The maximum Gasteiger partial charge on any atom is 0.502 e. The molecule has 0 aliphatic carbocycles. The zero-order valence-electron chi connectivity index (χ0n) is 23.0. The van der Waals surface area contributed by atoms with Crippen molar-refractivity contribution in [1.29, 1.82) is 0 Å². The van der Waals surface area contributed by atoms with Gasteiger partial charge in [-0.05, 0) is 16.7 Å². The molecule has 2 aromatic carbocycles. The second kappa shape index (κ2) is 16.0. The smallest absolute Gasteiger partial charge is 0.463 e. The van der Waals surface area contributed by atoms with Crippen molar-refractivity contribution in [2.45, 2.75) is 64.6 Å². The van der Waals surface area contributed by atoms with Crippen LogP contribution in [0.1, 0.15) is 31.9 Å². The molecular weight excluding hydrogens is 577 g/mol. The summed E-state index contributed by atoms with van der Waals surface area (Å²) >= 11 is 0. The largest absolute Gasteiger partial charge is 0.502 e. The van der Waals surface area contributed by atoms with Crippen molar-refractivity contribution in [1.82, 2.24) is 0 Å². The minimum Gasteiger partial charge on any atom is -0.463 e. The quantitative estimate of drug-likeness (QED) is 0.0433. The number of hydrogen-bond donors (Lipinski definition) is 0. The third kappa shape index (κ3) is 10.2. The van der Waals surface area contributed by atoms with Crippen LogP contribution in [-0.2, 0) is 69.7 Å². The molecule has 0 bridgehead atoms. The van der Waals surface area contributed by atoms with Crippen LogP contribution < -0.4 is 0 Å². The van der Waals surface area contributed by atoms with Gasteiger partial charge in [-0.2, -0.15) is 4.89 Å². The van der Waals surface area contributed by atoms with Gasteiger partial charge in [0.1, 0.15) is 18.8 Å². The van der Waals surface area contributed by atoms with E-state index in [0.29, 0.717) is 11.1 Å². The molecule has 42 heavy (non-hydrogen) atoms. The van der Waals surface area contributed by atoms with E-state index >= 15 is 0 Å². The van der Waals surface area contributed by atoms with Crippen molar-refractivity contribution in [3.8, 4) is 0 Å². The van der Waals surface area contributed by atoms with Crippen LogP contribution in [0.25, 0.3) is 10.4 Å². The van der Waals surface area contributed by atoms with Gasteiger partial charge in [-0.15, -0.1) is 4.67 Å². The van der Waals surface area contributed by atoms with Gasteiger partial charge < -0.3 is 18.9 Å². The van der Waals surface area contributed by atoms with Crippen molar-refractivity contribution in [3.05, 3.63) is 82.2 Å². The minimum atomic E-state index is -4.51. The molecule has 16 heteroatoms. The molecule has 1 heterocycles. The van der Waals surface area contributed by atoms with E-state index in [1.54, 1.807) is 60.7 Å². The molecule has 1 saturated heterocycles. The standard InChI is InChI=1S/C26H30N3O12P/c1-17(30)34-16-22-24(37-18(2)31)25(38-19(3)32)23(28-29-27)26(39-22)40-41-42(33,35-14-20-10-6-4-7-11-20)36-15-21-12-8-5-9-13-21/h4-13,22-26H,14-16H2,1-3H3/t22-,23-,24+,25-,26+/m1/s1. The van der Waals surface area contributed by atoms with E-state index in [9.17, 15) is 24.5 Å². The van der Waals surface area contributed by atoms with Crippen molar-refractivity contribution in [3.63, 3.8) is 0 Å². The van der Waals surface area contributed by atoms with Gasteiger partial charge in [-0.3, -0.25) is 23.4 Å². The fraction of sp³-hybridized carbons (Fsp3) is 0.423. The Labute approximate surface area is 241 Å². The second-order valence-electron chi connectivity index (χ2n) is 8.83. The number of esters is 3. The van der Waals surface area contributed by atoms with E-state index in [1.807, 2.05) is 0 Å². The topological polar surface area (TPSA) is 191 Å². The number of carbonyl (C=O) groups is 3. The number of phosphoric acid groups is 1. The molecule has 0 N–H and O–H groups in total. The van der Waals surface area contributed by atoms with Gasteiger partial charge in [0.05, 0.1) is 13.2 Å². The Balaban J connectivity index is 1.87. The lowest BCUT2D eigenvalue weighted by Crippen LogP contribution is -2.61. The normalized spacial score (nSPS) is 21.9. The van der Waals surface area contributed by atoms with Crippen molar-refractivity contribution < 1.29 is 56.5 Å². The van der Waals surface area contributed by atoms with Crippen LogP contribution >= 0.6 is 7.82 Å². The highest BCUT2D eigenvalue weighted by atomic mass is 31.2. The van der Waals surface area contributed by atoms with E-state index in [0.717, 1.165) is 20.8 Å². The summed E-state index contributed by atoms with van der Waals surface area (Å²) in [5.74, 6) is -2.31. The van der Waals surface area contributed by atoms with Crippen molar-refractivity contribution >= 4 is 25.7 Å². The van der Waals surface area contributed by atoms with E-state index in [2.05, 4.69) is 10.0 Å². The number of ether oxygens (including phenoxy) is 4. The maximum absolute atomic E-state index is 13.7. The van der Waals surface area contributed by atoms with Crippen LogP contribution in [0.4, 0.5) is 0 Å². The predicted molar refractivity (Wildman–Crippen MR) is 142 cm³/mol. The molecule has 2 aromatic rings. The molecule has 0 spiro atoms. The first-order valence-corrected chi connectivity index (χ1v) is 14.1. The number of hydrogen-bond acceptors (Lipinski definition) is 13. The first-order valence-electron chi connectivity index (χ1n) is 12.6. The van der Waals surface area contributed by atoms with Gasteiger partial charge >= 0.3 is 25.7 Å². The van der Waals surface area contributed by atoms with Crippen LogP contribution in [0.3, 0.4) is 0 Å². The summed E-state index contributed by atoms with van der Waals surface area (Å²) in [7, 11) is -4.51. The molecule has 3 rings (SSSR count). The molecule has 0 amide bonds. The van der Waals surface area contributed by atoms with E-state index in [-0.39, 0.29) is 13.2 Å². The highest BCUT2D eigenvalue weighted by Crippen LogP contribution is 2.52. The second-order valence-corrected chi connectivity index (χ2v) is 10.4. The first kappa shape index (κ1) is 32.7. The predicted octanol–water partition coefficient (Wildman–Crippen LogP) is 4.31. The van der Waals surface area contributed by atoms with Crippen LogP contribution in [-0.4, -0.2) is 55.2 Å². The minimum absolute atomic E-state index is 0.193. The van der Waals surface area contributed by atoms with Crippen LogP contribution in [0, 0.1) is 0 Å². The number of phosphoric ester groups is 1. The lowest BCUT2D eigenvalue weighted by atomic mass is 9.97. The molecule has 0 radical (unpaired) electrons. The molecule has 0 aromatic heterocycles. The highest BCUT2D eigenvalue weighted by Gasteiger charge is 2.52. The average molecular weight is 608 g/mol. The Bertz CT molecular complexity index is 1240. The Morgan fingerprint density at radius 2 is 1.38 bits per heavy atom. The molecule has 1 aliphatic heterocycles. The summed E-state index contributed by atoms with van der Waals surface area (Å²) in [5, 5.41) is 3.58. The maximum atomic E-state index is 13.7. The Morgan fingerprint density at radius 3 is 1.86 bits per heavy atom. The van der Waals surface area contributed by atoms with E-state index in [4.69, 9.17) is 37.6 Å². The highest BCUT2D eigenvalue weighted by molar-refractivity contribution is 7.48. The lowest BCUT2D eigenvalue weighted by molar-refractivity contribution is -0.373. The van der Waals surface area contributed by atoms with E-state index < -0.39 is 63.0 Å². The van der Waals surface area contributed by atoms with Gasteiger partial charge in [0.2, 0.25) is 6.29 Å². The van der Waals surface area contributed by atoms with Crippen LogP contribution in [0.15, 0.2) is 65.8 Å². The SMILES string of the molecule is CC(=O)OC[C@H]1O[C@@H](OOP(=O)(OCc2ccccc2)OCc2ccccc2)[C@H](N=[N+]=[N-])[C@@H](OC(C)=O)[C@H]1OC(C)=O. The van der Waals surface area contributed by atoms with Gasteiger partial charge in [0.25, 0.3) is 0 Å². The van der Waals surface area contributed by atoms with Crippen LogP contribution in [0.5, 0.6) is 0 Å². The van der Waals surface area contributed by atoms with E-state index in [1.165, 1.54) is 0 Å². The Kier molecular flexibility index (Phi) is 12.5. The number of benzene rings is 2. The Morgan fingerprint density at radius 1 is 0.857 bits per heavy atom. The number of carbonyl (C=O) groups excluding carboxylic acids is 3. The fourth-order valence-electron chi connectivity index (χ4n) is 3.78. The number of rotatable bonds is 14. The van der Waals surface area contributed by atoms with Crippen molar-refractivity contribution in [2.24, 2.45) is 5.11 Å². The van der Waals surface area contributed by atoms with Crippen LogP contribution in [0.2, 0.25) is 0 Å². The molecule has 226 valence electrons. The average Bonchev–Trinajstić information content (AvgIpc) is 2.96. The molecule has 1 aliphatic rings. The molecule has 5 atom stereocenters. The zero-order chi connectivity index (χ0) is 30.5. The molecule has 0 unspecified atom stereocenters. The third-order valence-corrected chi connectivity index (χ3v) is 6.71. The first-order chi connectivity index (χ1) is 20.1. The van der Waals surface area contributed by atoms with Gasteiger partial charge in [0.15, 0.2) is 12.2 Å². The molecule has 1 fully saturated rings. The molecule has 15 nitrogen and oxygen atoms in total. The molecule has 0 saturated carbocycles. The summed E-state index contributed by atoms with van der Waals surface area (Å²) in [6, 6.07) is 16.0. The fourth-order valence-corrected chi connectivity index (χ4v) is 4.74. The summed E-state index contributed by atoms with van der Waals surface area (Å²) in [4.78, 5) is 43.4. The van der Waals surface area contributed by atoms with Gasteiger partial charge in [0, 0.05) is 25.7 Å². The third-order valence-electron chi connectivity index (χ3n) is 5.55. The number of nitrogens with zero attached hydrogens (tertiary/aromatic N) is 3. The molecular formula is C26H30N3O12P. The summed E-state index contributed by atoms with van der Waals surface area (Å²) in [6.45, 7) is 2.43. The van der Waals surface area contributed by atoms with Gasteiger partial charge in [-0.25, -0.2) is 4.57 Å². The monoisotopic (exact) mass is 607 g/mol. The summed E-state index contributed by atoms with van der Waals surface area (Å²) < 4.78 is 51.2.